The number of benzene rings is 1. The molecule has 1 heterocycles. The maximum atomic E-state index is 12.4. The van der Waals surface area contributed by atoms with Gasteiger partial charge in [0.2, 0.25) is 0 Å². The molecule has 3 rings (SSSR count). The van der Waals surface area contributed by atoms with E-state index in [-0.39, 0.29) is 6.03 Å². The van der Waals surface area contributed by atoms with E-state index in [2.05, 4.69) is 41.4 Å². The minimum absolute atomic E-state index is 0.145. The first-order chi connectivity index (χ1) is 11.2. The summed E-state index contributed by atoms with van der Waals surface area (Å²) in [4.78, 5) is 16.8. The molecule has 0 aromatic heterocycles. The predicted molar refractivity (Wildman–Crippen MR) is 93.4 cm³/mol. The first-order valence-corrected chi connectivity index (χ1v) is 9.04. The zero-order chi connectivity index (χ0) is 16.1. The first kappa shape index (κ1) is 16.3. The second-order valence-electron chi connectivity index (χ2n) is 7.03. The molecule has 1 aromatic carbocycles. The van der Waals surface area contributed by atoms with E-state index < -0.39 is 0 Å². The Kier molecular flexibility index (Phi) is 5.55. The highest BCUT2D eigenvalue weighted by Gasteiger charge is 2.23. The highest BCUT2D eigenvalue weighted by Crippen LogP contribution is 2.18. The summed E-state index contributed by atoms with van der Waals surface area (Å²) >= 11 is 0. The maximum Gasteiger partial charge on any atom is 0.317 e. The van der Waals surface area contributed by atoms with Crippen LogP contribution >= 0.6 is 0 Å². The maximum absolute atomic E-state index is 12.4. The standard InChI is InChI=1S/C19H29N3O/c1-16-7-9-17(10-8-16)15-21-11-13-22(14-12-21)19(23)20-18-5-3-2-4-6-18/h7-10,18H,2-6,11-15H2,1H3,(H,20,23). The van der Waals surface area contributed by atoms with E-state index in [0.717, 1.165) is 45.6 Å². The second-order valence-corrected chi connectivity index (χ2v) is 7.03. The number of hydrogen-bond acceptors (Lipinski definition) is 2. The van der Waals surface area contributed by atoms with Gasteiger partial charge in [0.15, 0.2) is 0 Å². The lowest BCUT2D eigenvalue weighted by Crippen LogP contribution is -2.53. The Morgan fingerprint density at radius 2 is 1.70 bits per heavy atom. The van der Waals surface area contributed by atoms with Crippen molar-refractivity contribution in [2.75, 3.05) is 26.2 Å². The smallest absolute Gasteiger partial charge is 0.317 e. The van der Waals surface area contributed by atoms with Gasteiger partial charge >= 0.3 is 6.03 Å². The van der Waals surface area contributed by atoms with Crippen molar-refractivity contribution in [3.8, 4) is 0 Å². The number of urea groups is 1. The molecule has 4 heteroatoms. The highest BCUT2D eigenvalue weighted by molar-refractivity contribution is 5.74. The minimum atomic E-state index is 0.145. The molecule has 1 aromatic rings. The van der Waals surface area contributed by atoms with Gasteiger partial charge in [-0.25, -0.2) is 4.79 Å². The monoisotopic (exact) mass is 315 g/mol. The Morgan fingerprint density at radius 3 is 2.35 bits per heavy atom. The Balaban J connectivity index is 1.42. The average Bonchev–Trinajstić information content (AvgIpc) is 2.58. The molecule has 1 saturated carbocycles. The van der Waals surface area contributed by atoms with Gasteiger partial charge in [-0.3, -0.25) is 4.90 Å². The van der Waals surface area contributed by atoms with Gasteiger partial charge in [0.25, 0.3) is 0 Å². The lowest BCUT2D eigenvalue weighted by molar-refractivity contribution is 0.132. The van der Waals surface area contributed by atoms with E-state index in [4.69, 9.17) is 0 Å². The topological polar surface area (TPSA) is 35.6 Å². The van der Waals surface area contributed by atoms with Gasteiger partial charge in [-0.1, -0.05) is 49.1 Å². The Bertz CT molecular complexity index is 500. The average molecular weight is 315 g/mol. The predicted octanol–water partition coefficient (Wildman–Crippen LogP) is 3.15. The molecular weight excluding hydrogens is 286 g/mol. The Labute approximate surface area is 139 Å². The third kappa shape index (κ3) is 4.71. The molecule has 0 atom stereocenters. The normalized spacial score (nSPS) is 20.5. The van der Waals surface area contributed by atoms with Crippen LogP contribution in [0.15, 0.2) is 24.3 Å². The van der Waals surface area contributed by atoms with Gasteiger partial charge in [0, 0.05) is 38.8 Å². The number of aryl methyl sites for hydroxylation is 1. The molecule has 0 unspecified atom stereocenters. The molecular formula is C19H29N3O. The van der Waals surface area contributed by atoms with E-state index in [1.807, 2.05) is 4.90 Å². The van der Waals surface area contributed by atoms with E-state index >= 15 is 0 Å². The number of carbonyl (C=O) groups is 1. The van der Waals surface area contributed by atoms with Crippen molar-refractivity contribution >= 4 is 6.03 Å². The van der Waals surface area contributed by atoms with E-state index in [1.54, 1.807) is 0 Å². The molecule has 2 fully saturated rings. The summed E-state index contributed by atoms with van der Waals surface area (Å²) in [6.07, 6.45) is 6.15. The molecule has 1 N–H and O–H groups in total. The van der Waals surface area contributed by atoms with Crippen LogP contribution in [0.2, 0.25) is 0 Å². The van der Waals surface area contributed by atoms with Crippen molar-refractivity contribution in [3.05, 3.63) is 35.4 Å². The second kappa shape index (κ2) is 7.82. The summed E-state index contributed by atoms with van der Waals surface area (Å²) in [6.45, 7) is 6.71. The van der Waals surface area contributed by atoms with Crippen LogP contribution in [-0.4, -0.2) is 48.1 Å². The van der Waals surface area contributed by atoms with Gasteiger partial charge in [-0.2, -0.15) is 0 Å². The van der Waals surface area contributed by atoms with E-state index in [0.29, 0.717) is 6.04 Å². The molecule has 0 spiro atoms. The fraction of sp³-hybridized carbons (Fsp3) is 0.632. The molecule has 1 aliphatic heterocycles. The van der Waals surface area contributed by atoms with Gasteiger partial charge < -0.3 is 10.2 Å². The summed E-state index contributed by atoms with van der Waals surface area (Å²) in [7, 11) is 0. The van der Waals surface area contributed by atoms with Crippen molar-refractivity contribution < 1.29 is 4.79 Å². The van der Waals surface area contributed by atoms with Gasteiger partial charge in [0.1, 0.15) is 0 Å². The molecule has 2 aliphatic rings. The minimum Gasteiger partial charge on any atom is -0.335 e. The molecule has 1 aliphatic carbocycles. The zero-order valence-electron chi connectivity index (χ0n) is 14.3. The van der Waals surface area contributed by atoms with Gasteiger partial charge in [0.05, 0.1) is 0 Å². The molecule has 4 nitrogen and oxygen atoms in total. The van der Waals surface area contributed by atoms with Crippen molar-refractivity contribution in [1.29, 1.82) is 0 Å². The number of hydrogen-bond donors (Lipinski definition) is 1. The van der Waals surface area contributed by atoms with Crippen molar-refractivity contribution in [2.24, 2.45) is 0 Å². The van der Waals surface area contributed by atoms with Crippen LogP contribution in [0, 0.1) is 6.92 Å². The molecule has 2 amide bonds. The summed E-state index contributed by atoms with van der Waals surface area (Å²) in [5.41, 5.74) is 2.66. The largest absolute Gasteiger partial charge is 0.335 e. The van der Waals surface area contributed by atoms with Crippen LogP contribution in [0.3, 0.4) is 0 Å². The summed E-state index contributed by atoms with van der Waals surface area (Å²) < 4.78 is 0. The molecule has 23 heavy (non-hydrogen) atoms. The van der Waals surface area contributed by atoms with Crippen molar-refractivity contribution in [1.82, 2.24) is 15.1 Å². The van der Waals surface area contributed by atoms with Crippen LogP contribution in [0.25, 0.3) is 0 Å². The number of rotatable bonds is 3. The number of amides is 2. The van der Waals surface area contributed by atoms with Crippen LogP contribution < -0.4 is 5.32 Å². The fourth-order valence-electron chi connectivity index (χ4n) is 3.57. The van der Waals surface area contributed by atoms with E-state index in [1.165, 1.54) is 30.4 Å². The lowest BCUT2D eigenvalue weighted by atomic mass is 9.96. The summed E-state index contributed by atoms with van der Waals surface area (Å²) in [5.74, 6) is 0. The quantitative estimate of drug-likeness (QED) is 0.930. The molecule has 0 bridgehead atoms. The summed E-state index contributed by atoms with van der Waals surface area (Å²) in [6, 6.07) is 9.30. The van der Waals surface area contributed by atoms with Crippen molar-refractivity contribution in [3.63, 3.8) is 0 Å². The van der Waals surface area contributed by atoms with E-state index in [9.17, 15) is 4.79 Å². The first-order valence-electron chi connectivity index (χ1n) is 9.04. The summed E-state index contributed by atoms with van der Waals surface area (Å²) in [5, 5.41) is 3.23. The lowest BCUT2D eigenvalue weighted by Gasteiger charge is -2.36. The van der Waals surface area contributed by atoms with Crippen molar-refractivity contribution in [2.45, 2.75) is 51.6 Å². The van der Waals surface area contributed by atoms with Gasteiger partial charge in [-0.15, -0.1) is 0 Å². The molecule has 126 valence electrons. The number of piperazine rings is 1. The highest BCUT2D eigenvalue weighted by atomic mass is 16.2. The fourth-order valence-corrected chi connectivity index (χ4v) is 3.57. The Morgan fingerprint density at radius 1 is 1.04 bits per heavy atom. The Hall–Kier alpha value is -1.55. The van der Waals surface area contributed by atoms with Crippen LogP contribution in [0.4, 0.5) is 4.79 Å². The number of nitrogens with zero attached hydrogens (tertiary/aromatic N) is 2. The number of nitrogens with one attached hydrogen (secondary N) is 1. The molecule has 1 saturated heterocycles. The number of carbonyl (C=O) groups excluding carboxylic acids is 1. The van der Waals surface area contributed by atoms with Gasteiger partial charge in [-0.05, 0) is 25.3 Å². The van der Waals surface area contributed by atoms with Crippen LogP contribution in [-0.2, 0) is 6.54 Å². The third-order valence-corrected chi connectivity index (χ3v) is 5.12. The third-order valence-electron chi connectivity index (χ3n) is 5.12. The van der Waals surface area contributed by atoms with Crippen LogP contribution in [0.1, 0.15) is 43.2 Å². The molecule has 0 radical (unpaired) electrons. The van der Waals surface area contributed by atoms with Crippen LogP contribution in [0.5, 0.6) is 0 Å². The zero-order valence-corrected chi connectivity index (χ0v) is 14.3. The SMILES string of the molecule is Cc1ccc(CN2CCN(C(=O)NC3CCCCC3)CC2)cc1.